The molecule has 1 heterocycles. The fourth-order valence-corrected chi connectivity index (χ4v) is 1.15. The van der Waals surface area contributed by atoms with E-state index in [-0.39, 0.29) is 0 Å². The van der Waals surface area contributed by atoms with Crippen LogP contribution in [-0.2, 0) is 4.74 Å². The number of hydrogen-bond donors (Lipinski definition) is 1. The van der Waals surface area contributed by atoms with Crippen LogP contribution in [-0.4, -0.2) is 16.7 Å². The number of aliphatic hydroxyl groups is 1. The van der Waals surface area contributed by atoms with Crippen LogP contribution in [0.25, 0.3) is 0 Å². The van der Waals surface area contributed by atoms with Crippen molar-refractivity contribution in [3.63, 3.8) is 0 Å². The van der Waals surface area contributed by atoms with Gasteiger partial charge >= 0.3 is 0 Å². The molecule has 4 heteroatoms. The topological polar surface area (TPSA) is 42.4 Å². The Hall–Kier alpha value is -0.450. The Morgan fingerprint density at radius 2 is 2.70 bits per heavy atom. The van der Waals surface area contributed by atoms with E-state index in [4.69, 9.17) is 9.84 Å². The lowest BCUT2D eigenvalue weighted by molar-refractivity contribution is -0.0980. The van der Waals surface area contributed by atoms with Crippen molar-refractivity contribution in [2.24, 2.45) is 0 Å². The molecule has 1 N–H and O–H groups in total. The third kappa shape index (κ3) is 1.76. The Morgan fingerprint density at radius 1 is 1.90 bits per heavy atom. The Labute approximate surface area is 63.3 Å². The Kier molecular flexibility index (Phi) is 2.80. The van der Waals surface area contributed by atoms with Gasteiger partial charge in [0.25, 0.3) is 0 Å². The second-order valence-corrected chi connectivity index (χ2v) is 2.60. The lowest BCUT2D eigenvalue weighted by Crippen LogP contribution is -2.01. The highest BCUT2D eigenvalue weighted by Gasteiger charge is 2.07. The molecule has 0 aromatic carbocycles. The zero-order valence-electron chi connectivity index (χ0n) is 5.65. The highest BCUT2D eigenvalue weighted by atomic mass is 32.1. The van der Waals surface area contributed by atoms with E-state index in [2.05, 4.69) is 4.98 Å². The van der Waals surface area contributed by atoms with E-state index in [1.165, 1.54) is 11.3 Å². The van der Waals surface area contributed by atoms with Gasteiger partial charge in [-0.05, 0) is 6.92 Å². The normalized spacial score (nSPS) is 13.4. The van der Waals surface area contributed by atoms with Crippen molar-refractivity contribution < 1.29 is 9.84 Å². The molecule has 1 aromatic rings. The molecule has 0 bridgehead atoms. The first-order chi connectivity index (χ1) is 4.84. The first-order valence-corrected chi connectivity index (χ1v) is 3.91. The predicted molar refractivity (Wildman–Crippen MR) is 38.7 cm³/mol. The minimum atomic E-state index is -0.843. The predicted octanol–water partition coefficient (Wildman–Crippen LogP) is 1.17. The zero-order valence-corrected chi connectivity index (χ0v) is 6.47. The quantitative estimate of drug-likeness (QED) is 0.673. The van der Waals surface area contributed by atoms with Crippen molar-refractivity contribution in [3.8, 4) is 0 Å². The van der Waals surface area contributed by atoms with Crippen LogP contribution in [0.5, 0.6) is 0 Å². The second-order valence-electron chi connectivity index (χ2n) is 1.68. The largest absolute Gasteiger partial charge is 0.362 e. The molecule has 0 amide bonds. The van der Waals surface area contributed by atoms with Gasteiger partial charge in [-0.25, -0.2) is 4.98 Å². The summed E-state index contributed by atoms with van der Waals surface area (Å²) in [5.41, 5.74) is 0. The maximum absolute atomic E-state index is 9.14. The fraction of sp³-hybridized carbons (Fsp3) is 0.500. The Morgan fingerprint density at radius 3 is 3.20 bits per heavy atom. The number of nitrogens with zero attached hydrogens (tertiary/aromatic N) is 1. The van der Waals surface area contributed by atoms with E-state index in [0.717, 1.165) is 0 Å². The van der Waals surface area contributed by atoms with Gasteiger partial charge in [-0.3, -0.25) is 0 Å². The van der Waals surface area contributed by atoms with Gasteiger partial charge < -0.3 is 9.84 Å². The Bertz CT molecular complexity index is 176. The van der Waals surface area contributed by atoms with Gasteiger partial charge in [-0.15, -0.1) is 11.3 Å². The summed E-state index contributed by atoms with van der Waals surface area (Å²) < 4.78 is 4.89. The van der Waals surface area contributed by atoms with E-state index in [9.17, 15) is 0 Å². The second kappa shape index (κ2) is 3.65. The van der Waals surface area contributed by atoms with Gasteiger partial charge in [-0.2, -0.15) is 0 Å². The zero-order chi connectivity index (χ0) is 7.40. The van der Waals surface area contributed by atoms with Gasteiger partial charge in [0, 0.05) is 18.2 Å². The van der Waals surface area contributed by atoms with Crippen LogP contribution in [0.2, 0.25) is 0 Å². The number of rotatable bonds is 3. The van der Waals surface area contributed by atoms with Crippen LogP contribution in [0.1, 0.15) is 18.2 Å². The summed E-state index contributed by atoms with van der Waals surface area (Å²) in [5.74, 6) is 0. The molecule has 0 aliphatic heterocycles. The smallest absolute Gasteiger partial charge is 0.208 e. The first-order valence-electron chi connectivity index (χ1n) is 3.03. The third-order valence-corrected chi connectivity index (χ3v) is 1.79. The average Bonchev–Trinajstić information content (AvgIpc) is 2.38. The number of aliphatic hydroxyl groups excluding tert-OH is 1. The van der Waals surface area contributed by atoms with Gasteiger partial charge in [0.2, 0.25) is 6.29 Å². The molecule has 0 aliphatic carbocycles. The van der Waals surface area contributed by atoms with Crippen LogP contribution in [0.15, 0.2) is 11.6 Å². The first kappa shape index (κ1) is 7.65. The summed E-state index contributed by atoms with van der Waals surface area (Å²) in [5, 5.41) is 11.6. The third-order valence-electron chi connectivity index (χ3n) is 0.987. The van der Waals surface area contributed by atoms with E-state index < -0.39 is 6.29 Å². The molecule has 0 aliphatic rings. The van der Waals surface area contributed by atoms with E-state index in [1.807, 2.05) is 6.92 Å². The molecule has 0 radical (unpaired) electrons. The summed E-state index contributed by atoms with van der Waals surface area (Å²) in [6, 6.07) is 0. The van der Waals surface area contributed by atoms with Gasteiger partial charge in [-0.1, -0.05) is 0 Å². The minimum Gasteiger partial charge on any atom is -0.362 e. The van der Waals surface area contributed by atoms with E-state index in [0.29, 0.717) is 11.6 Å². The Balaban J connectivity index is 2.50. The molecule has 10 heavy (non-hydrogen) atoms. The van der Waals surface area contributed by atoms with Gasteiger partial charge in [0.1, 0.15) is 5.01 Å². The minimum absolute atomic E-state index is 0.501. The van der Waals surface area contributed by atoms with Gasteiger partial charge in [0.05, 0.1) is 0 Å². The molecule has 1 atom stereocenters. The summed E-state index contributed by atoms with van der Waals surface area (Å²) in [6.45, 7) is 2.33. The monoisotopic (exact) mass is 159 g/mol. The maximum atomic E-state index is 9.14. The highest BCUT2D eigenvalue weighted by Crippen LogP contribution is 2.15. The highest BCUT2D eigenvalue weighted by molar-refractivity contribution is 7.09. The van der Waals surface area contributed by atoms with Crippen LogP contribution in [0.3, 0.4) is 0 Å². The van der Waals surface area contributed by atoms with Crippen LogP contribution in [0.4, 0.5) is 0 Å². The van der Waals surface area contributed by atoms with Crippen molar-refractivity contribution in [2.75, 3.05) is 6.61 Å². The van der Waals surface area contributed by atoms with Crippen LogP contribution < -0.4 is 0 Å². The molecule has 0 fully saturated rings. The summed E-state index contributed by atoms with van der Waals surface area (Å²) in [4.78, 5) is 3.88. The average molecular weight is 159 g/mol. The summed E-state index contributed by atoms with van der Waals surface area (Å²) in [7, 11) is 0. The molecule has 1 unspecified atom stereocenters. The molecule has 0 saturated heterocycles. The standard InChI is InChI=1S/C6H9NO2S/c1-2-9-6(8)5-7-3-4-10-5/h3-4,6,8H,2H2,1H3. The maximum Gasteiger partial charge on any atom is 0.208 e. The van der Waals surface area contributed by atoms with Crippen molar-refractivity contribution >= 4 is 11.3 Å². The molecule has 0 spiro atoms. The summed E-state index contributed by atoms with van der Waals surface area (Å²) in [6.07, 6.45) is 0.799. The number of thiazole rings is 1. The number of aromatic nitrogens is 1. The fourth-order valence-electron chi connectivity index (χ4n) is 0.586. The molecular weight excluding hydrogens is 150 g/mol. The molecule has 1 rings (SSSR count). The number of ether oxygens (including phenoxy) is 1. The SMILES string of the molecule is CCOC(O)c1nccs1. The van der Waals surface area contributed by atoms with Crippen molar-refractivity contribution in [1.29, 1.82) is 0 Å². The lowest BCUT2D eigenvalue weighted by atomic mass is 10.6. The number of hydrogen-bond acceptors (Lipinski definition) is 4. The van der Waals surface area contributed by atoms with E-state index in [1.54, 1.807) is 11.6 Å². The van der Waals surface area contributed by atoms with Crippen molar-refractivity contribution in [2.45, 2.75) is 13.2 Å². The van der Waals surface area contributed by atoms with Gasteiger partial charge in [0.15, 0.2) is 0 Å². The van der Waals surface area contributed by atoms with E-state index >= 15 is 0 Å². The van der Waals surface area contributed by atoms with Crippen LogP contribution in [0, 0.1) is 0 Å². The van der Waals surface area contributed by atoms with Crippen molar-refractivity contribution in [1.82, 2.24) is 4.98 Å². The molecular formula is C6H9NO2S. The molecule has 3 nitrogen and oxygen atoms in total. The lowest BCUT2D eigenvalue weighted by Gasteiger charge is -2.04. The van der Waals surface area contributed by atoms with Crippen molar-refractivity contribution in [3.05, 3.63) is 16.6 Å². The molecule has 0 saturated carbocycles. The molecule has 56 valence electrons. The van der Waals surface area contributed by atoms with Crippen LogP contribution >= 0.6 is 11.3 Å². The molecule has 1 aromatic heterocycles. The summed E-state index contributed by atoms with van der Waals surface area (Å²) >= 11 is 1.38.